The Morgan fingerprint density at radius 1 is 1.11 bits per heavy atom. The molecule has 5 rings (SSSR count). The van der Waals surface area contributed by atoms with Gasteiger partial charge in [0.25, 0.3) is 0 Å². The Labute approximate surface area is 120 Å². The van der Waals surface area contributed by atoms with Crippen molar-refractivity contribution in [1.82, 2.24) is 5.32 Å². The van der Waals surface area contributed by atoms with Crippen molar-refractivity contribution in [3.05, 3.63) is 0 Å². The number of aliphatic imine (C=N–C) groups is 1. The van der Waals surface area contributed by atoms with Crippen LogP contribution in [-0.4, -0.2) is 23.5 Å². The Balaban J connectivity index is 1.24. The Bertz CT molecular complexity index is 410. The van der Waals surface area contributed by atoms with Crippen molar-refractivity contribution in [2.45, 2.75) is 51.0 Å². The van der Waals surface area contributed by atoms with Gasteiger partial charge in [-0.05, 0) is 61.2 Å². The lowest BCUT2D eigenvalue weighted by molar-refractivity contribution is 0.358. The van der Waals surface area contributed by atoms with Gasteiger partial charge in [-0.3, -0.25) is 4.99 Å². The maximum absolute atomic E-state index is 4.91. The quantitative estimate of drug-likeness (QED) is 0.795. The standard InChI is InChI=1S/C16H24N2S/c1-2-6-16(5-1)8-17-15(19-9-16)18-14-12-10-3-4-11(7-10)13(12)14/h10-14H,1-9H2,(H,17,18). The van der Waals surface area contributed by atoms with Gasteiger partial charge in [-0.1, -0.05) is 24.6 Å². The van der Waals surface area contributed by atoms with Gasteiger partial charge >= 0.3 is 0 Å². The molecular weight excluding hydrogens is 252 g/mol. The first-order valence-corrected chi connectivity index (χ1v) is 9.27. The number of nitrogens with zero attached hydrogens (tertiary/aromatic N) is 1. The summed E-state index contributed by atoms with van der Waals surface area (Å²) in [6, 6.07) is 0.815. The minimum atomic E-state index is 0.592. The molecule has 4 aliphatic carbocycles. The van der Waals surface area contributed by atoms with Crippen molar-refractivity contribution in [1.29, 1.82) is 0 Å². The smallest absolute Gasteiger partial charge is 0.156 e. The summed E-state index contributed by atoms with van der Waals surface area (Å²) in [4.78, 5) is 4.91. The third-order valence-corrected chi connectivity index (χ3v) is 8.04. The molecule has 0 aromatic carbocycles. The normalized spacial score (nSPS) is 49.3. The zero-order valence-corrected chi connectivity index (χ0v) is 12.4. The minimum absolute atomic E-state index is 0.592. The number of rotatable bonds is 1. The van der Waals surface area contributed by atoms with E-state index in [2.05, 4.69) is 5.32 Å². The van der Waals surface area contributed by atoms with Crippen molar-refractivity contribution in [3.8, 4) is 0 Å². The number of fused-ring (bicyclic) bond motifs is 5. The molecule has 19 heavy (non-hydrogen) atoms. The van der Waals surface area contributed by atoms with Crippen LogP contribution in [0.3, 0.4) is 0 Å². The first-order valence-electron chi connectivity index (χ1n) is 8.29. The molecule has 1 N–H and O–H groups in total. The summed E-state index contributed by atoms with van der Waals surface area (Å²) in [6.45, 7) is 1.11. The van der Waals surface area contributed by atoms with E-state index < -0.39 is 0 Å². The van der Waals surface area contributed by atoms with E-state index in [0.29, 0.717) is 5.41 Å². The lowest BCUT2D eigenvalue weighted by Crippen LogP contribution is -2.35. The molecule has 0 aromatic rings. The molecule has 0 aromatic heterocycles. The monoisotopic (exact) mass is 276 g/mol. The van der Waals surface area contributed by atoms with Crippen LogP contribution in [0, 0.1) is 29.1 Å². The third-order valence-electron chi connectivity index (χ3n) is 6.76. The topological polar surface area (TPSA) is 24.4 Å². The highest BCUT2D eigenvalue weighted by Crippen LogP contribution is 2.65. The van der Waals surface area contributed by atoms with Crippen LogP contribution in [0.1, 0.15) is 44.9 Å². The average Bonchev–Trinajstić information content (AvgIpc) is 2.86. The van der Waals surface area contributed by atoms with Crippen LogP contribution in [0.15, 0.2) is 4.99 Å². The molecule has 1 aliphatic heterocycles. The van der Waals surface area contributed by atoms with Crippen LogP contribution in [0.25, 0.3) is 0 Å². The van der Waals surface area contributed by atoms with Crippen molar-refractivity contribution in [3.63, 3.8) is 0 Å². The average molecular weight is 276 g/mol. The molecule has 0 radical (unpaired) electrons. The number of hydrogen-bond donors (Lipinski definition) is 1. The highest BCUT2D eigenvalue weighted by molar-refractivity contribution is 8.13. The zero-order chi connectivity index (χ0) is 12.4. The zero-order valence-electron chi connectivity index (χ0n) is 11.6. The predicted octanol–water partition coefficient (Wildman–Crippen LogP) is 3.28. The summed E-state index contributed by atoms with van der Waals surface area (Å²) in [5.74, 6) is 5.54. The SMILES string of the molecule is C1CCC2(C1)CN=C(NC1C3C4CCC(C4)C13)SC2. The van der Waals surface area contributed by atoms with Gasteiger partial charge in [-0.15, -0.1) is 0 Å². The second kappa shape index (κ2) is 3.93. The second-order valence-electron chi connectivity index (χ2n) is 7.78. The van der Waals surface area contributed by atoms with Gasteiger partial charge in [0, 0.05) is 18.3 Å². The van der Waals surface area contributed by atoms with Gasteiger partial charge in [0.2, 0.25) is 0 Å². The van der Waals surface area contributed by atoms with E-state index in [1.807, 2.05) is 11.8 Å². The first kappa shape index (κ1) is 11.5. The van der Waals surface area contributed by atoms with Crippen molar-refractivity contribution in [2.75, 3.05) is 12.3 Å². The van der Waals surface area contributed by atoms with Crippen LogP contribution in [-0.2, 0) is 0 Å². The molecule has 1 spiro atoms. The molecule has 104 valence electrons. The van der Waals surface area contributed by atoms with E-state index in [-0.39, 0.29) is 0 Å². The van der Waals surface area contributed by atoms with Crippen molar-refractivity contribution < 1.29 is 0 Å². The van der Waals surface area contributed by atoms with Crippen molar-refractivity contribution in [2.24, 2.45) is 34.1 Å². The second-order valence-corrected chi connectivity index (χ2v) is 8.74. The molecule has 3 heteroatoms. The number of nitrogens with one attached hydrogen (secondary N) is 1. The molecule has 5 aliphatic rings. The minimum Gasteiger partial charge on any atom is -0.362 e. The molecular formula is C16H24N2S. The molecule has 0 saturated heterocycles. The van der Waals surface area contributed by atoms with Gasteiger partial charge in [0.15, 0.2) is 5.17 Å². The first-order chi connectivity index (χ1) is 9.35. The molecule has 2 bridgehead atoms. The van der Waals surface area contributed by atoms with E-state index >= 15 is 0 Å². The molecule has 4 saturated carbocycles. The Morgan fingerprint density at radius 2 is 1.84 bits per heavy atom. The Kier molecular flexibility index (Phi) is 2.37. The fourth-order valence-corrected chi connectivity index (χ4v) is 6.93. The summed E-state index contributed by atoms with van der Waals surface area (Å²) in [5, 5.41) is 5.10. The van der Waals surface area contributed by atoms with E-state index in [0.717, 1.165) is 36.3 Å². The summed E-state index contributed by atoms with van der Waals surface area (Å²) < 4.78 is 0. The molecule has 4 unspecified atom stereocenters. The van der Waals surface area contributed by atoms with Crippen molar-refractivity contribution >= 4 is 16.9 Å². The Morgan fingerprint density at radius 3 is 2.47 bits per heavy atom. The summed E-state index contributed by atoms with van der Waals surface area (Å²) in [7, 11) is 0. The van der Waals surface area contributed by atoms with Crippen LogP contribution in [0.2, 0.25) is 0 Å². The van der Waals surface area contributed by atoms with E-state index in [9.17, 15) is 0 Å². The van der Waals surface area contributed by atoms with Crippen LogP contribution in [0.4, 0.5) is 0 Å². The van der Waals surface area contributed by atoms with Crippen LogP contribution >= 0.6 is 11.8 Å². The lowest BCUT2D eigenvalue weighted by atomic mass is 9.89. The fraction of sp³-hybridized carbons (Fsp3) is 0.938. The number of hydrogen-bond acceptors (Lipinski definition) is 3. The van der Waals surface area contributed by atoms with E-state index in [1.165, 1.54) is 49.4 Å². The highest BCUT2D eigenvalue weighted by Gasteiger charge is 2.65. The maximum Gasteiger partial charge on any atom is 0.156 e. The Hall–Kier alpha value is -0.180. The highest BCUT2D eigenvalue weighted by atomic mass is 32.2. The third kappa shape index (κ3) is 1.66. The summed E-state index contributed by atoms with van der Waals surface area (Å²) >= 11 is 2.03. The number of thioether (sulfide) groups is 1. The largest absolute Gasteiger partial charge is 0.362 e. The van der Waals surface area contributed by atoms with Gasteiger partial charge in [0.05, 0.1) is 0 Å². The van der Waals surface area contributed by atoms with Gasteiger partial charge in [0.1, 0.15) is 0 Å². The summed E-state index contributed by atoms with van der Waals surface area (Å²) in [5.41, 5.74) is 0.592. The van der Waals surface area contributed by atoms with Gasteiger partial charge in [-0.2, -0.15) is 0 Å². The maximum atomic E-state index is 4.91. The van der Waals surface area contributed by atoms with Crippen LogP contribution in [0.5, 0.6) is 0 Å². The van der Waals surface area contributed by atoms with Gasteiger partial charge < -0.3 is 5.32 Å². The number of amidine groups is 1. The predicted molar refractivity (Wildman–Crippen MR) is 80.4 cm³/mol. The lowest BCUT2D eigenvalue weighted by Gasteiger charge is -2.31. The van der Waals surface area contributed by atoms with E-state index in [4.69, 9.17) is 4.99 Å². The van der Waals surface area contributed by atoms with Crippen LogP contribution < -0.4 is 5.32 Å². The molecule has 4 atom stereocenters. The molecule has 4 fully saturated rings. The van der Waals surface area contributed by atoms with Gasteiger partial charge in [-0.25, -0.2) is 0 Å². The molecule has 2 nitrogen and oxygen atoms in total. The molecule has 1 heterocycles. The van der Waals surface area contributed by atoms with E-state index in [1.54, 1.807) is 6.42 Å². The molecule has 0 amide bonds. The fourth-order valence-electron chi connectivity index (χ4n) is 5.73. The summed E-state index contributed by atoms with van der Waals surface area (Å²) in [6.07, 6.45) is 10.3.